The first-order valence-electron chi connectivity index (χ1n) is 5.92. The molecule has 2 N–H and O–H groups in total. The van der Waals surface area contributed by atoms with E-state index in [9.17, 15) is 14.3 Å². The number of nitrogens with one attached hydrogen (secondary N) is 1. The lowest BCUT2D eigenvalue weighted by molar-refractivity contribution is -0.150. The maximum Gasteiger partial charge on any atom is 0.311 e. The van der Waals surface area contributed by atoms with Crippen molar-refractivity contribution in [2.45, 2.75) is 19.3 Å². The Morgan fingerprint density at radius 1 is 1.56 bits per heavy atom. The van der Waals surface area contributed by atoms with E-state index < -0.39 is 17.2 Å². The summed E-state index contributed by atoms with van der Waals surface area (Å²) in [6.07, 6.45) is 1.65. The Morgan fingerprint density at radius 3 is 2.94 bits per heavy atom. The molecule has 5 heteroatoms. The third kappa shape index (κ3) is 2.65. The van der Waals surface area contributed by atoms with Gasteiger partial charge < -0.3 is 10.4 Å². The molecule has 98 valence electrons. The van der Waals surface area contributed by atoms with Crippen LogP contribution in [0.5, 0.6) is 0 Å². The van der Waals surface area contributed by atoms with E-state index in [2.05, 4.69) is 5.32 Å². The maximum atomic E-state index is 13.2. The summed E-state index contributed by atoms with van der Waals surface area (Å²) in [5, 5.41) is 12.9. The third-order valence-corrected chi connectivity index (χ3v) is 3.83. The fourth-order valence-corrected chi connectivity index (χ4v) is 2.60. The van der Waals surface area contributed by atoms with E-state index in [1.165, 1.54) is 18.2 Å². The number of rotatable bonds is 3. The summed E-state index contributed by atoms with van der Waals surface area (Å²) in [4.78, 5) is 11.5. The average molecular weight is 272 g/mol. The highest BCUT2D eigenvalue weighted by atomic mass is 35.5. The first-order chi connectivity index (χ1) is 8.53. The minimum Gasteiger partial charge on any atom is -0.481 e. The molecule has 0 amide bonds. The molecule has 0 aliphatic carbocycles. The van der Waals surface area contributed by atoms with Gasteiger partial charge in [-0.25, -0.2) is 4.39 Å². The van der Waals surface area contributed by atoms with Crippen LogP contribution in [-0.4, -0.2) is 24.2 Å². The monoisotopic (exact) mass is 271 g/mol. The Balaban J connectivity index is 2.28. The average Bonchev–Trinajstić information content (AvgIpc) is 2.35. The lowest BCUT2D eigenvalue weighted by atomic mass is 9.76. The summed E-state index contributed by atoms with van der Waals surface area (Å²) >= 11 is 6.00. The van der Waals surface area contributed by atoms with Crippen LogP contribution < -0.4 is 5.32 Å². The highest BCUT2D eigenvalue weighted by Crippen LogP contribution is 2.33. The highest BCUT2D eigenvalue weighted by Gasteiger charge is 2.40. The molecule has 1 unspecified atom stereocenters. The first kappa shape index (κ1) is 13.3. The summed E-state index contributed by atoms with van der Waals surface area (Å²) in [5.74, 6) is -1.24. The van der Waals surface area contributed by atoms with Crippen molar-refractivity contribution in [2.24, 2.45) is 5.41 Å². The zero-order valence-electron chi connectivity index (χ0n) is 9.88. The summed E-state index contributed by atoms with van der Waals surface area (Å²) < 4.78 is 13.2. The number of halogens is 2. The molecule has 1 heterocycles. The number of hydrogen-bond donors (Lipinski definition) is 2. The van der Waals surface area contributed by atoms with E-state index in [0.29, 0.717) is 23.6 Å². The van der Waals surface area contributed by atoms with Crippen molar-refractivity contribution in [1.29, 1.82) is 0 Å². The van der Waals surface area contributed by atoms with Crippen molar-refractivity contribution in [2.75, 3.05) is 13.1 Å². The standard InChI is InChI=1S/C13H15ClFNO2/c14-11-3-2-10(15)6-9(11)7-13(12(17)18)4-1-5-16-8-13/h2-3,6,16H,1,4-5,7-8H2,(H,17,18). The number of hydrogen-bond acceptors (Lipinski definition) is 2. The Hall–Kier alpha value is -1.13. The van der Waals surface area contributed by atoms with Crippen molar-refractivity contribution < 1.29 is 14.3 Å². The van der Waals surface area contributed by atoms with Crippen LogP contribution in [0.2, 0.25) is 5.02 Å². The van der Waals surface area contributed by atoms with Gasteiger partial charge in [-0.1, -0.05) is 11.6 Å². The van der Waals surface area contributed by atoms with Crippen molar-refractivity contribution in [1.82, 2.24) is 5.32 Å². The SMILES string of the molecule is O=C(O)C1(Cc2cc(F)ccc2Cl)CCCNC1. The molecule has 1 aromatic carbocycles. The van der Waals surface area contributed by atoms with Crippen LogP contribution in [0.1, 0.15) is 18.4 Å². The van der Waals surface area contributed by atoms with Gasteiger partial charge in [0.25, 0.3) is 0 Å². The van der Waals surface area contributed by atoms with Gasteiger partial charge in [0.05, 0.1) is 5.41 Å². The molecule has 1 aromatic rings. The Morgan fingerprint density at radius 2 is 2.33 bits per heavy atom. The lowest BCUT2D eigenvalue weighted by Crippen LogP contribution is -2.47. The number of benzene rings is 1. The molecule has 1 atom stereocenters. The molecule has 1 aliphatic heterocycles. The normalized spacial score (nSPS) is 23.9. The molecule has 18 heavy (non-hydrogen) atoms. The van der Waals surface area contributed by atoms with Crippen LogP contribution >= 0.6 is 11.6 Å². The number of piperidine rings is 1. The highest BCUT2D eigenvalue weighted by molar-refractivity contribution is 6.31. The second-order valence-electron chi connectivity index (χ2n) is 4.78. The van der Waals surface area contributed by atoms with Crippen LogP contribution in [-0.2, 0) is 11.2 Å². The molecule has 0 spiro atoms. The quantitative estimate of drug-likeness (QED) is 0.888. The molecule has 0 aromatic heterocycles. The van der Waals surface area contributed by atoms with Gasteiger partial charge in [0.1, 0.15) is 5.82 Å². The van der Waals surface area contributed by atoms with Crippen molar-refractivity contribution in [3.8, 4) is 0 Å². The van der Waals surface area contributed by atoms with Gasteiger partial charge in [0, 0.05) is 11.6 Å². The maximum absolute atomic E-state index is 13.2. The van der Waals surface area contributed by atoms with Gasteiger partial charge in [-0.2, -0.15) is 0 Å². The fraction of sp³-hybridized carbons (Fsp3) is 0.462. The first-order valence-corrected chi connectivity index (χ1v) is 6.29. The zero-order chi connectivity index (χ0) is 13.2. The van der Waals surface area contributed by atoms with E-state index in [-0.39, 0.29) is 6.42 Å². The topological polar surface area (TPSA) is 49.3 Å². The van der Waals surface area contributed by atoms with E-state index in [1.807, 2.05) is 0 Å². The Bertz CT molecular complexity index is 458. The minimum absolute atomic E-state index is 0.256. The number of carboxylic acid groups (broad SMARTS) is 1. The predicted molar refractivity (Wildman–Crippen MR) is 67.3 cm³/mol. The van der Waals surface area contributed by atoms with E-state index >= 15 is 0 Å². The molecule has 1 saturated heterocycles. The van der Waals surface area contributed by atoms with E-state index in [4.69, 9.17) is 11.6 Å². The van der Waals surface area contributed by atoms with Crippen LogP contribution in [0.25, 0.3) is 0 Å². The molecule has 1 aliphatic rings. The third-order valence-electron chi connectivity index (χ3n) is 3.46. The molecule has 3 nitrogen and oxygen atoms in total. The lowest BCUT2D eigenvalue weighted by Gasteiger charge is -2.34. The summed E-state index contributed by atoms with van der Waals surface area (Å²) in [6, 6.07) is 4.07. The number of carboxylic acids is 1. The molecular weight excluding hydrogens is 257 g/mol. The van der Waals surface area contributed by atoms with Crippen molar-refractivity contribution in [3.05, 3.63) is 34.6 Å². The second kappa shape index (κ2) is 5.24. The van der Waals surface area contributed by atoms with Gasteiger partial charge in [0.2, 0.25) is 0 Å². The summed E-state index contributed by atoms with van der Waals surface area (Å²) in [6.45, 7) is 1.22. The number of aliphatic carboxylic acids is 1. The van der Waals surface area contributed by atoms with Crippen molar-refractivity contribution >= 4 is 17.6 Å². The largest absolute Gasteiger partial charge is 0.481 e. The Kier molecular flexibility index (Phi) is 3.88. The van der Waals surface area contributed by atoms with Gasteiger partial charge in [-0.05, 0) is 49.6 Å². The number of carbonyl (C=O) groups is 1. The Labute approximate surface area is 110 Å². The van der Waals surface area contributed by atoms with Gasteiger partial charge in [0.15, 0.2) is 0 Å². The molecule has 0 bridgehead atoms. The predicted octanol–water partition coefficient (Wildman–Crippen LogP) is 2.48. The van der Waals surface area contributed by atoms with Crippen molar-refractivity contribution in [3.63, 3.8) is 0 Å². The van der Waals surface area contributed by atoms with E-state index in [1.54, 1.807) is 0 Å². The summed E-state index contributed by atoms with van der Waals surface area (Å²) in [5.41, 5.74) is -0.321. The van der Waals surface area contributed by atoms with Crippen LogP contribution in [0.3, 0.4) is 0 Å². The van der Waals surface area contributed by atoms with Crippen LogP contribution in [0.4, 0.5) is 4.39 Å². The van der Waals surface area contributed by atoms with Crippen LogP contribution in [0, 0.1) is 11.2 Å². The molecule has 1 fully saturated rings. The molecule has 0 radical (unpaired) electrons. The minimum atomic E-state index is -0.879. The molecular formula is C13H15ClFNO2. The zero-order valence-corrected chi connectivity index (χ0v) is 10.6. The summed E-state index contributed by atoms with van der Waals surface area (Å²) in [7, 11) is 0. The van der Waals surface area contributed by atoms with Gasteiger partial charge >= 0.3 is 5.97 Å². The van der Waals surface area contributed by atoms with Gasteiger partial charge in [-0.15, -0.1) is 0 Å². The fourth-order valence-electron chi connectivity index (χ4n) is 2.42. The van der Waals surface area contributed by atoms with E-state index in [0.717, 1.165) is 13.0 Å². The van der Waals surface area contributed by atoms with Gasteiger partial charge in [-0.3, -0.25) is 4.79 Å². The van der Waals surface area contributed by atoms with Crippen LogP contribution in [0.15, 0.2) is 18.2 Å². The second-order valence-corrected chi connectivity index (χ2v) is 5.19. The molecule has 2 rings (SSSR count). The smallest absolute Gasteiger partial charge is 0.311 e. The molecule has 0 saturated carbocycles.